The lowest BCUT2D eigenvalue weighted by atomic mass is 9.91. The van der Waals surface area contributed by atoms with E-state index < -0.39 is 6.29 Å². The quantitative estimate of drug-likeness (QED) is 0.927. The molecule has 2 atom stereocenters. The minimum atomic E-state index is -1.07. The molecule has 6 heteroatoms. The minimum absolute atomic E-state index is 0.132. The van der Waals surface area contributed by atoms with E-state index in [1.165, 1.54) is 0 Å². The topological polar surface area (TPSA) is 66.4 Å². The van der Waals surface area contributed by atoms with Gasteiger partial charge in [-0.2, -0.15) is 0 Å². The predicted octanol–water partition coefficient (Wildman–Crippen LogP) is 2.83. The average molecular weight is 334 g/mol. The molecule has 0 saturated heterocycles. The van der Waals surface area contributed by atoms with Gasteiger partial charge in [0.05, 0.1) is 45.5 Å². The standard InChI is InChI=1S/C18H22O6/c1-9-6-11-15(18(19)24-9)17(23-5)12-7-10(20-2)8-13(21-3)14(12)16(11)22-4/h7-9,18-19H,6H2,1-5H3/t9-,18-/m0/s1. The Morgan fingerprint density at radius 1 is 1.00 bits per heavy atom. The van der Waals surface area contributed by atoms with Crippen LogP contribution in [0.5, 0.6) is 23.0 Å². The van der Waals surface area contributed by atoms with Crippen LogP contribution in [0.15, 0.2) is 12.1 Å². The van der Waals surface area contributed by atoms with Crippen LogP contribution in [-0.4, -0.2) is 39.6 Å². The van der Waals surface area contributed by atoms with Gasteiger partial charge in [0.25, 0.3) is 0 Å². The first-order valence-corrected chi connectivity index (χ1v) is 7.71. The highest BCUT2D eigenvalue weighted by Gasteiger charge is 2.33. The second-order valence-corrected chi connectivity index (χ2v) is 5.71. The third kappa shape index (κ3) is 2.42. The Hall–Kier alpha value is -2.18. The van der Waals surface area contributed by atoms with Crippen LogP contribution >= 0.6 is 0 Å². The lowest BCUT2D eigenvalue weighted by Crippen LogP contribution is -2.25. The van der Waals surface area contributed by atoms with Gasteiger partial charge in [0.15, 0.2) is 6.29 Å². The molecule has 0 bridgehead atoms. The van der Waals surface area contributed by atoms with Crippen molar-refractivity contribution in [1.82, 2.24) is 0 Å². The molecule has 0 radical (unpaired) electrons. The molecule has 0 spiro atoms. The SMILES string of the molecule is COc1cc(OC)c2c(OC)c3c(c(OC)c2c1)[C@@H](O)O[C@@H](C)C3. The molecule has 130 valence electrons. The van der Waals surface area contributed by atoms with E-state index in [1.807, 2.05) is 13.0 Å². The summed E-state index contributed by atoms with van der Waals surface area (Å²) in [6.45, 7) is 1.91. The number of ether oxygens (including phenoxy) is 5. The summed E-state index contributed by atoms with van der Waals surface area (Å²) in [4.78, 5) is 0. The van der Waals surface area contributed by atoms with Gasteiger partial charge >= 0.3 is 0 Å². The van der Waals surface area contributed by atoms with E-state index in [9.17, 15) is 5.11 Å². The second kappa shape index (κ2) is 6.37. The Balaban J connectivity index is 2.48. The van der Waals surface area contributed by atoms with Crippen LogP contribution in [-0.2, 0) is 11.2 Å². The van der Waals surface area contributed by atoms with Crippen molar-refractivity contribution in [3.05, 3.63) is 23.3 Å². The Morgan fingerprint density at radius 2 is 1.71 bits per heavy atom. The molecule has 0 aliphatic carbocycles. The maximum Gasteiger partial charge on any atom is 0.185 e. The second-order valence-electron chi connectivity index (χ2n) is 5.71. The molecule has 2 aromatic rings. The summed E-state index contributed by atoms with van der Waals surface area (Å²) in [6.07, 6.45) is -0.598. The zero-order valence-corrected chi connectivity index (χ0v) is 14.5. The first-order chi connectivity index (χ1) is 11.5. The lowest BCUT2D eigenvalue weighted by molar-refractivity contribution is -0.144. The normalized spacial score (nSPS) is 19.8. The summed E-state index contributed by atoms with van der Waals surface area (Å²) < 4.78 is 27.8. The molecular weight excluding hydrogens is 312 g/mol. The van der Waals surface area contributed by atoms with Gasteiger partial charge < -0.3 is 28.8 Å². The van der Waals surface area contributed by atoms with Gasteiger partial charge in [-0.1, -0.05) is 0 Å². The Kier molecular flexibility index (Phi) is 4.43. The van der Waals surface area contributed by atoms with Gasteiger partial charge in [0.1, 0.15) is 23.0 Å². The maximum absolute atomic E-state index is 10.5. The van der Waals surface area contributed by atoms with Crippen LogP contribution in [0.2, 0.25) is 0 Å². The summed E-state index contributed by atoms with van der Waals surface area (Å²) in [5, 5.41) is 12.0. The smallest absolute Gasteiger partial charge is 0.185 e. The van der Waals surface area contributed by atoms with Gasteiger partial charge in [-0.25, -0.2) is 0 Å². The minimum Gasteiger partial charge on any atom is -0.497 e. The zero-order valence-electron chi connectivity index (χ0n) is 14.5. The summed E-state index contributed by atoms with van der Waals surface area (Å²) in [5.74, 6) is 2.45. The number of methoxy groups -OCH3 is 4. The molecule has 0 unspecified atom stereocenters. The van der Waals surface area contributed by atoms with Crippen LogP contribution in [0.25, 0.3) is 10.8 Å². The first kappa shape index (κ1) is 16.7. The average Bonchev–Trinajstić information content (AvgIpc) is 2.58. The van der Waals surface area contributed by atoms with Crippen molar-refractivity contribution in [2.75, 3.05) is 28.4 Å². The largest absolute Gasteiger partial charge is 0.497 e. The number of hydrogen-bond acceptors (Lipinski definition) is 6. The monoisotopic (exact) mass is 334 g/mol. The zero-order chi connectivity index (χ0) is 17.4. The van der Waals surface area contributed by atoms with E-state index in [-0.39, 0.29) is 6.10 Å². The van der Waals surface area contributed by atoms with E-state index in [4.69, 9.17) is 23.7 Å². The fourth-order valence-corrected chi connectivity index (χ4v) is 3.37. The van der Waals surface area contributed by atoms with E-state index in [1.54, 1.807) is 34.5 Å². The third-order valence-electron chi connectivity index (χ3n) is 4.35. The fourth-order valence-electron chi connectivity index (χ4n) is 3.37. The highest BCUT2D eigenvalue weighted by Crippen LogP contribution is 2.50. The van der Waals surface area contributed by atoms with Crippen molar-refractivity contribution >= 4 is 10.8 Å². The summed E-state index contributed by atoms with van der Waals surface area (Å²) in [6, 6.07) is 3.64. The van der Waals surface area contributed by atoms with E-state index in [0.717, 1.165) is 16.3 Å². The van der Waals surface area contributed by atoms with Crippen LogP contribution in [0.3, 0.4) is 0 Å². The molecule has 1 aliphatic rings. The molecule has 6 nitrogen and oxygen atoms in total. The lowest BCUT2D eigenvalue weighted by Gasteiger charge is -2.31. The Morgan fingerprint density at radius 3 is 2.29 bits per heavy atom. The third-order valence-corrected chi connectivity index (χ3v) is 4.35. The molecule has 1 heterocycles. The predicted molar refractivity (Wildman–Crippen MR) is 89.4 cm³/mol. The number of fused-ring (bicyclic) bond motifs is 2. The van der Waals surface area contributed by atoms with Crippen LogP contribution in [0.1, 0.15) is 24.3 Å². The Labute approximate surface area is 140 Å². The molecule has 2 aromatic carbocycles. The van der Waals surface area contributed by atoms with Crippen LogP contribution in [0.4, 0.5) is 0 Å². The highest BCUT2D eigenvalue weighted by molar-refractivity contribution is 6.01. The molecule has 3 rings (SSSR count). The maximum atomic E-state index is 10.5. The van der Waals surface area contributed by atoms with Gasteiger partial charge in [-0.15, -0.1) is 0 Å². The first-order valence-electron chi connectivity index (χ1n) is 7.71. The highest BCUT2D eigenvalue weighted by atomic mass is 16.6. The molecule has 0 fully saturated rings. The number of benzene rings is 2. The number of rotatable bonds is 4. The molecule has 0 saturated carbocycles. The molecule has 1 N–H and O–H groups in total. The number of hydrogen-bond donors (Lipinski definition) is 1. The Bertz CT molecular complexity index is 770. The number of aliphatic hydroxyl groups excluding tert-OH is 1. The van der Waals surface area contributed by atoms with Crippen molar-refractivity contribution in [1.29, 1.82) is 0 Å². The van der Waals surface area contributed by atoms with Gasteiger partial charge in [0.2, 0.25) is 0 Å². The van der Waals surface area contributed by atoms with E-state index in [2.05, 4.69) is 0 Å². The van der Waals surface area contributed by atoms with E-state index in [0.29, 0.717) is 35.0 Å². The molecule has 0 aromatic heterocycles. The van der Waals surface area contributed by atoms with Crippen molar-refractivity contribution in [3.63, 3.8) is 0 Å². The van der Waals surface area contributed by atoms with Gasteiger partial charge in [-0.3, -0.25) is 0 Å². The molecule has 0 amide bonds. The summed E-state index contributed by atoms with van der Waals surface area (Å²) >= 11 is 0. The van der Waals surface area contributed by atoms with Crippen LogP contribution in [0, 0.1) is 0 Å². The van der Waals surface area contributed by atoms with Crippen molar-refractivity contribution in [3.8, 4) is 23.0 Å². The number of aliphatic hydroxyl groups is 1. The summed E-state index contributed by atoms with van der Waals surface area (Å²) in [7, 11) is 6.36. The molecular formula is C18H22O6. The fraction of sp³-hybridized carbons (Fsp3) is 0.444. The van der Waals surface area contributed by atoms with Gasteiger partial charge in [-0.05, 0) is 13.0 Å². The van der Waals surface area contributed by atoms with E-state index >= 15 is 0 Å². The molecule has 24 heavy (non-hydrogen) atoms. The van der Waals surface area contributed by atoms with Gasteiger partial charge in [0, 0.05) is 23.4 Å². The van der Waals surface area contributed by atoms with Crippen molar-refractivity contribution in [2.45, 2.75) is 25.7 Å². The van der Waals surface area contributed by atoms with Crippen LogP contribution < -0.4 is 18.9 Å². The van der Waals surface area contributed by atoms with Crippen molar-refractivity contribution in [2.24, 2.45) is 0 Å². The molecule has 1 aliphatic heterocycles. The van der Waals surface area contributed by atoms with Crippen molar-refractivity contribution < 1.29 is 28.8 Å². The summed E-state index contributed by atoms with van der Waals surface area (Å²) in [5.41, 5.74) is 1.46.